The summed E-state index contributed by atoms with van der Waals surface area (Å²) >= 11 is 0. The molecule has 0 spiro atoms. The summed E-state index contributed by atoms with van der Waals surface area (Å²) in [5.74, 6) is -0.994. The summed E-state index contributed by atoms with van der Waals surface area (Å²) in [5.41, 5.74) is 0.675. The van der Waals surface area contributed by atoms with Crippen LogP contribution in [0.5, 0.6) is 0 Å². The summed E-state index contributed by atoms with van der Waals surface area (Å²) in [4.78, 5) is 36.8. The minimum absolute atomic E-state index is 0.0413. The van der Waals surface area contributed by atoms with Crippen molar-refractivity contribution in [2.24, 2.45) is 0 Å². The minimum atomic E-state index is -0.490. The van der Waals surface area contributed by atoms with Gasteiger partial charge >= 0.3 is 5.97 Å². The molecule has 0 aliphatic heterocycles. The molecule has 0 aliphatic rings. The van der Waals surface area contributed by atoms with E-state index in [9.17, 15) is 14.4 Å². The van der Waals surface area contributed by atoms with Crippen LogP contribution in [-0.2, 0) is 14.3 Å². The van der Waals surface area contributed by atoms with Gasteiger partial charge in [0.1, 0.15) is 0 Å². The molecular formula is C16H22N2O4. The molecule has 0 atom stereocenters. The maximum absolute atomic E-state index is 12.1. The summed E-state index contributed by atoms with van der Waals surface area (Å²) < 4.78 is 4.95. The van der Waals surface area contributed by atoms with E-state index in [1.54, 1.807) is 31.2 Å². The zero-order valence-corrected chi connectivity index (χ0v) is 13.2. The standard InChI is InChI=1S/C16H22N2O4/c1-4-10-18(12(3)19)11-15(20)17-14-9-7-6-8-13(14)16(21)22-5-2/h6-9H,4-5,10-11H2,1-3H3,(H,17,20). The molecule has 120 valence electrons. The molecule has 6 heteroatoms. The number of carbonyl (C=O) groups excluding carboxylic acids is 3. The molecule has 0 bridgehead atoms. The van der Waals surface area contributed by atoms with Gasteiger partial charge in [-0.15, -0.1) is 0 Å². The number of nitrogens with one attached hydrogen (secondary N) is 1. The van der Waals surface area contributed by atoms with Crippen LogP contribution >= 0.6 is 0 Å². The summed E-state index contributed by atoms with van der Waals surface area (Å²) in [6.07, 6.45) is 0.770. The Morgan fingerprint density at radius 2 is 1.86 bits per heavy atom. The van der Waals surface area contributed by atoms with Gasteiger partial charge in [0.05, 0.1) is 24.4 Å². The quantitative estimate of drug-likeness (QED) is 0.782. The van der Waals surface area contributed by atoms with E-state index in [4.69, 9.17) is 4.74 Å². The van der Waals surface area contributed by atoms with Gasteiger partial charge in [-0.05, 0) is 25.5 Å². The first-order valence-corrected chi connectivity index (χ1v) is 7.31. The topological polar surface area (TPSA) is 75.7 Å². The predicted octanol–water partition coefficient (Wildman–Crippen LogP) is 2.06. The largest absolute Gasteiger partial charge is 0.462 e. The lowest BCUT2D eigenvalue weighted by atomic mass is 10.2. The first kappa shape index (κ1) is 17.7. The number of ether oxygens (including phenoxy) is 1. The molecule has 0 heterocycles. The van der Waals surface area contributed by atoms with Crippen molar-refractivity contribution in [2.75, 3.05) is 25.0 Å². The molecule has 1 aromatic carbocycles. The van der Waals surface area contributed by atoms with Gasteiger partial charge in [-0.3, -0.25) is 9.59 Å². The maximum Gasteiger partial charge on any atom is 0.340 e. The Balaban J connectivity index is 2.79. The molecule has 0 saturated carbocycles. The van der Waals surface area contributed by atoms with Crippen molar-refractivity contribution in [1.29, 1.82) is 0 Å². The second-order valence-electron chi connectivity index (χ2n) is 4.75. The van der Waals surface area contributed by atoms with Crippen LogP contribution in [0.1, 0.15) is 37.6 Å². The number of anilines is 1. The fourth-order valence-electron chi connectivity index (χ4n) is 1.96. The number of benzene rings is 1. The highest BCUT2D eigenvalue weighted by Crippen LogP contribution is 2.16. The second kappa shape index (κ2) is 8.81. The molecule has 0 aliphatic carbocycles. The fraction of sp³-hybridized carbons (Fsp3) is 0.438. The van der Waals surface area contributed by atoms with E-state index in [0.29, 0.717) is 17.8 Å². The van der Waals surface area contributed by atoms with Crippen LogP contribution in [0.2, 0.25) is 0 Å². The number of nitrogens with zero attached hydrogens (tertiary/aromatic N) is 1. The Hall–Kier alpha value is -2.37. The lowest BCUT2D eigenvalue weighted by Gasteiger charge is -2.20. The number of hydrogen-bond donors (Lipinski definition) is 1. The highest BCUT2D eigenvalue weighted by molar-refractivity contribution is 6.02. The molecule has 0 radical (unpaired) electrons. The van der Waals surface area contributed by atoms with Gasteiger partial charge in [-0.2, -0.15) is 0 Å². The van der Waals surface area contributed by atoms with Crippen molar-refractivity contribution in [1.82, 2.24) is 4.90 Å². The molecular weight excluding hydrogens is 284 g/mol. The third kappa shape index (κ3) is 5.20. The average Bonchev–Trinajstić information content (AvgIpc) is 2.47. The average molecular weight is 306 g/mol. The number of esters is 1. The molecule has 0 aromatic heterocycles. The molecule has 1 rings (SSSR count). The Labute approximate surface area is 130 Å². The molecule has 1 N–H and O–H groups in total. The van der Waals surface area contributed by atoms with E-state index < -0.39 is 5.97 Å². The van der Waals surface area contributed by atoms with E-state index >= 15 is 0 Å². The van der Waals surface area contributed by atoms with Crippen molar-refractivity contribution in [3.05, 3.63) is 29.8 Å². The summed E-state index contributed by atoms with van der Waals surface area (Å²) in [6, 6.07) is 6.62. The van der Waals surface area contributed by atoms with Gasteiger partial charge in [0.15, 0.2) is 0 Å². The number of amides is 2. The van der Waals surface area contributed by atoms with Gasteiger partial charge in [-0.1, -0.05) is 19.1 Å². The Morgan fingerprint density at radius 3 is 2.45 bits per heavy atom. The first-order valence-electron chi connectivity index (χ1n) is 7.31. The molecule has 0 fully saturated rings. The predicted molar refractivity (Wildman–Crippen MR) is 83.6 cm³/mol. The highest BCUT2D eigenvalue weighted by Gasteiger charge is 2.16. The van der Waals surface area contributed by atoms with Gasteiger partial charge in [0, 0.05) is 13.5 Å². The molecule has 0 saturated heterocycles. The number of carbonyl (C=O) groups is 3. The van der Waals surface area contributed by atoms with Crippen molar-refractivity contribution in [3.8, 4) is 0 Å². The van der Waals surface area contributed by atoms with Gasteiger partial charge in [-0.25, -0.2) is 4.79 Å². The van der Waals surface area contributed by atoms with E-state index in [1.165, 1.54) is 11.8 Å². The molecule has 0 unspecified atom stereocenters. The van der Waals surface area contributed by atoms with Crippen LogP contribution in [0.3, 0.4) is 0 Å². The first-order chi connectivity index (χ1) is 10.5. The lowest BCUT2D eigenvalue weighted by Crippen LogP contribution is -2.37. The monoisotopic (exact) mass is 306 g/mol. The van der Waals surface area contributed by atoms with Gasteiger partial charge < -0.3 is 15.0 Å². The number of para-hydroxylation sites is 1. The summed E-state index contributed by atoms with van der Waals surface area (Å²) in [7, 11) is 0. The summed E-state index contributed by atoms with van der Waals surface area (Å²) in [5, 5.41) is 2.66. The Morgan fingerprint density at radius 1 is 1.18 bits per heavy atom. The van der Waals surface area contributed by atoms with Crippen molar-refractivity contribution in [3.63, 3.8) is 0 Å². The zero-order chi connectivity index (χ0) is 16.5. The lowest BCUT2D eigenvalue weighted by molar-refractivity contribution is -0.132. The number of hydrogen-bond acceptors (Lipinski definition) is 4. The SMILES string of the molecule is CCCN(CC(=O)Nc1ccccc1C(=O)OCC)C(C)=O. The van der Waals surface area contributed by atoms with Gasteiger partial charge in [0.25, 0.3) is 0 Å². The van der Waals surface area contributed by atoms with E-state index in [0.717, 1.165) is 6.42 Å². The van der Waals surface area contributed by atoms with Crippen LogP contribution < -0.4 is 5.32 Å². The van der Waals surface area contributed by atoms with E-state index in [-0.39, 0.29) is 25.0 Å². The van der Waals surface area contributed by atoms with Crippen molar-refractivity contribution in [2.45, 2.75) is 27.2 Å². The third-order valence-corrected chi connectivity index (χ3v) is 2.97. The summed E-state index contributed by atoms with van der Waals surface area (Å²) in [6.45, 7) is 5.81. The van der Waals surface area contributed by atoms with Crippen LogP contribution in [0.15, 0.2) is 24.3 Å². The molecule has 1 aromatic rings. The molecule has 6 nitrogen and oxygen atoms in total. The molecule has 2 amide bonds. The molecule has 22 heavy (non-hydrogen) atoms. The van der Waals surface area contributed by atoms with Crippen molar-refractivity contribution >= 4 is 23.5 Å². The van der Waals surface area contributed by atoms with Crippen LogP contribution in [-0.4, -0.2) is 42.4 Å². The van der Waals surface area contributed by atoms with Crippen LogP contribution in [0.25, 0.3) is 0 Å². The Kier molecular flexibility index (Phi) is 7.08. The van der Waals surface area contributed by atoms with E-state index in [2.05, 4.69) is 5.32 Å². The maximum atomic E-state index is 12.1. The zero-order valence-electron chi connectivity index (χ0n) is 13.2. The van der Waals surface area contributed by atoms with Crippen molar-refractivity contribution < 1.29 is 19.1 Å². The minimum Gasteiger partial charge on any atom is -0.462 e. The normalized spacial score (nSPS) is 9.95. The Bertz CT molecular complexity index is 543. The van der Waals surface area contributed by atoms with Crippen LogP contribution in [0, 0.1) is 0 Å². The fourth-order valence-corrected chi connectivity index (χ4v) is 1.96. The van der Waals surface area contributed by atoms with E-state index in [1.807, 2.05) is 6.92 Å². The number of rotatable bonds is 7. The smallest absolute Gasteiger partial charge is 0.340 e. The highest BCUT2D eigenvalue weighted by atomic mass is 16.5. The van der Waals surface area contributed by atoms with Crippen LogP contribution in [0.4, 0.5) is 5.69 Å². The second-order valence-corrected chi connectivity index (χ2v) is 4.75. The van der Waals surface area contributed by atoms with Gasteiger partial charge in [0.2, 0.25) is 11.8 Å². The third-order valence-electron chi connectivity index (χ3n) is 2.97.